The van der Waals surface area contributed by atoms with Crippen molar-refractivity contribution in [2.24, 2.45) is 0 Å². The quantitative estimate of drug-likeness (QED) is 0.753. The Morgan fingerprint density at radius 1 is 1.26 bits per heavy atom. The summed E-state index contributed by atoms with van der Waals surface area (Å²) >= 11 is 1.36. The van der Waals surface area contributed by atoms with Gasteiger partial charge in [-0.05, 0) is 36.8 Å². The van der Waals surface area contributed by atoms with E-state index in [-0.39, 0.29) is 18.4 Å². The van der Waals surface area contributed by atoms with E-state index in [1.807, 2.05) is 48.7 Å². The monoisotopic (exact) mass is 379 g/mol. The van der Waals surface area contributed by atoms with Crippen LogP contribution in [0.25, 0.3) is 11.3 Å². The molecule has 2 amide bonds. The standard InChI is InChI=1S/C20H17N3O3S/c1-12-5-3-4-6-14(12)19(25)22-20-21-15(11-27-20)13-7-8-17-16(9-13)23(2)18(24)10-26-17/h3-9,11H,10H2,1-2H3,(H,21,22,25). The van der Waals surface area contributed by atoms with Crippen LogP contribution >= 0.6 is 11.3 Å². The molecular weight excluding hydrogens is 362 g/mol. The molecule has 0 spiro atoms. The van der Waals surface area contributed by atoms with E-state index in [4.69, 9.17) is 4.74 Å². The number of fused-ring (bicyclic) bond motifs is 1. The van der Waals surface area contributed by atoms with Gasteiger partial charge in [0.05, 0.1) is 11.4 Å². The Balaban J connectivity index is 1.57. The summed E-state index contributed by atoms with van der Waals surface area (Å²) in [5, 5.41) is 5.25. The lowest BCUT2D eigenvalue weighted by molar-refractivity contribution is -0.120. The molecule has 0 fully saturated rings. The number of nitrogens with zero attached hydrogens (tertiary/aromatic N) is 2. The molecule has 0 atom stereocenters. The van der Waals surface area contributed by atoms with E-state index in [9.17, 15) is 9.59 Å². The number of thiazole rings is 1. The van der Waals surface area contributed by atoms with Crippen LogP contribution in [-0.2, 0) is 4.79 Å². The van der Waals surface area contributed by atoms with Crippen LogP contribution in [0.3, 0.4) is 0 Å². The summed E-state index contributed by atoms with van der Waals surface area (Å²) in [5.74, 6) is 0.395. The fraction of sp³-hybridized carbons (Fsp3) is 0.150. The van der Waals surface area contributed by atoms with Crippen molar-refractivity contribution in [3.05, 3.63) is 59.0 Å². The molecule has 0 saturated heterocycles. The molecule has 6 nitrogen and oxygen atoms in total. The summed E-state index contributed by atoms with van der Waals surface area (Å²) in [6, 6.07) is 13.0. The molecule has 2 aromatic carbocycles. The van der Waals surface area contributed by atoms with Crippen LogP contribution in [0, 0.1) is 6.92 Å². The molecule has 1 aliphatic heterocycles. The number of likely N-dealkylation sites (N-methyl/N-ethyl adjacent to an activating group) is 1. The van der Waals surface area contributed by atoms with E-state index in [0.717, 1.165) is 16.8 Å². The zero-order valence-corrected chi connectivity index (χ0v) is 15.7. The Bertz CT molecular complexity index is 1040. The van der Waals surface area contributed by atoms with Gasteiger partial charge >= 0.3 is 0 Å². The lowest BCUT2D eigenvalue weighted by Gasteiger charge is -2.26. The van der Waals surface area contributed by atoms with Gasteiger partial charge in [-0.25, -0.2) is 4.98 Å². The molecule has 1 aliphatic rings. The number of carbonyl (C=O) groups excluding carboxylic acids is 2. The second kappa shape index (κ2) is 6.85. The molecule has 0 aliphatic carbocycles. The Morgan fingerprint density at radius 2 is 2.07 bits per heavy atom. The van der Waals surface area contributed by atoms with Crippen LogP contribution in [0.2, 0.25) is 0 Å². The van der Waals surface area contributed by atoms with Crippen molar-refractivity contribution in [1.29, 1.82) is 0 Å². The third kappa shape index (κ3) is 3.29. The molecule has 0 saturated carbocycles. The normalized spacial score (nSPS) is 13.1. The van der Waals surface area contributed by atoms with Crippen molar-refractivity contribution in [3.8, 4) is 17.0 Å². The maximum atomic E-state index is 12.4. The molecule has 0 unspecified atom stereocenters. The number of hydrogen-bond donors (Lipinski definition) is 1. The molecule has 1 N–H and O–H groups in total. The van der Waals surface area contributed by atoms with Gasteiger partial charge in [0.2, 0.25) is 0 Å². The number of anilines is 2. The summed E-state index contributed by atoms with van der Waals surface area (Å²) in [5.41, 5.74) is 3.83. The maximum absolute atomic E-state index is 12.4. The van der Waals surface area contributed by atoms with Crippen LogP contribution in [0.4, 0.5) is 10.8 Å². The number of aromatic nitrogens is 1. The summed E-state index contributed by atoms with van der Waals surface area (Å²) in [6.45, 7) is 1.95. The molecule has 0 bridgehead atoms. The minimum atomic E-state index is -0.182. The topological polar surface area (TPSA) is 71.5 Å². The number of hydrogen-bond acceptors (Lipinski definition) is 5. The fourth-order valence-corrected chi connectivity index (χ4v) is 3.60. The third-order valence-electron chi connectivity index (χ3n) is 4.46. The zero-order valence-electron chi connectivity index (χ0n) is 14.9. The first-order valence-electron chi connectivity index (χ1n) is 8.39. The van der Waals surface area contributed by atoms with E-state index in [1.165, 1.54) is 11.3 Å². The summed E-state index contributed by atoms with van der Waals surface area (Å²) in [7, 11) is 1.72. The zero-order chi connectivity index (χ0) is 19.0. The van der Waals surface area contributed by atoms with Crippen molar-refractivity contribution in [3.63, 3.8) is 0 Å². The van der Waals surface area contributed by atoms with Crippen LogP contribution < -0.4 is 15.0 Å². The highest BCUT2D eigenvalue weighted by Gasteiger charge is 2.23. The predicted octanol–water partition coefficient (Wildman–Crippen LogP) is 3.73. The lowest BCUT2D eigenvalue weighted by Crippen LogP contribution is -2.35. The number of aryl methyl sites for hydroxylation is 1. The van der Waals surface area contributed by atoms with Crippen LogP contribution in [-0.4, -0.2) is 30.5 Å². The molecule has 7 heteroatoms. The lowest BCUT2D eigenvalue weighted by atomic mass is 10.1. The van der Waals surface area contributed by atoms with Crippen molar-refractivity contribution in [1.82, 2.24) is 4.98 Å². The van der Waals surface area contributed by atoms with Gasteiger partial charge in [-0.3, -0.25) is 14.9 Å². The minimum Gasteiger partial charge on any atom is -0.482 e. The average molecular weight is 379 g/mol. The van der Waals surface area contributed by atoms with Crippen LogP contribution in [0.5, 0.6) is 5.75 Å². The molecule has 4 rings (SSSR count). The Kier molecular flexibility index (Phi) is 4.37. The van der Waals surface area contributed by atoms with Gasteiger partial charge in [0.25, 0.3) is 11.8 Å². The van der Waals surface area contributed by atoms with Crippen molar-refractivity contribution < 1.29 is 14.3 Å². The second-order valence-electron chi connectivity index (χ2n) is 6.23. The van der Waals surface area contributed by atoms with E-state index < -0.39 is 0 Å². The SMILES string of the molecule is Cc1ccccc1C(=O)Nc1nc(-c2ccc3c(c2)N(C)C(=O)CO3)cs1. The highest BCUT2D eigenvalue weighted by Crippen LogP contribution is 2.36. The van der Waals surface area contributed by atoms with Gasteiger partial charge in [-0.2, -0.15) is 0 Å². The van der Waals surface area contributed by atoms with Crippen molar-refractivity contribution in [2.75, 3.05) is 23.9 Å². The first-order chi connectivity index (χ1) is 13.0. The van der Waals surface area contributed by atoms with Gasteiger partial charge in [-0.1, -0.05) is 18.2 Å². The summed E-state index contributed by atoms with van der Waals surface area (Å²) in [4.78, 5) is 30.4. The molecular formula is C20H17N3O3S. The van der Waals surface area contributed by atoms with Crippen LogP contribution in [0.1, 0.15) is 15.9 Å². The maximum Gasteiger partial charge on any atom is 0.264 e. The molecule has 3 aromatic rings. The third-order valence-corrected chi connectivity index (χ3v) is 5.21. The molecule has 0 radical (unpaired) electrons. The van der Waals surface area contributed by atoms with Gasteiger partial charge < -0.3 is 9.64 Å². The first kappa shape index (κ1) is 17.2. The van der Waals surface area contributed by atoms with Gasteiger partial charge in [0.15, 0.2) is 11.7 Å². The number of ether oxygens (including phenoxy) is 1. The number of amides is 2. The molecule has 1 aromatic heterocycles. The van der Waals surface area contributed by atoms with Gasteiger partial charge in [0, 0.05) is 23.6 Å². The summed E-state index contributed by atoms with van der Waals surface area (Å²) < 4.78 is 5.45. The Hall–Kier alpha value is -3.19. The number of carbonyl (C=O) groups is 2. The van der Waals surface area contributed by atoms with E-state index in [1.54, 1.807) is 18.0 Å². The number of rotatable bonds is 3. The highest BCUT2D eigenvalue weighted by atomic mass is 32.1. The fourth-order valence-electron chi connectivity index (χ4n) is 2.89. The Labute approximate surface area is 160 Å². The summed E-state index contributed by atoms with van der Waals surface area (Å²) in [6.07, 6.45) is 0. The van der Waals surface area contributed by atoms with E-state index >= 15 is 0 Å². The minimum absolute atomic E-state index is 0.0502. The average Bonchev–Trinajstić information content (AvgIpc) is 3.13. The number of nitrogens with one attached hydrogen (secondary N) is 1. The Morgan fingerprint density at radius 3 is 2.89 bits per heavy atom. The highest BCUT2D eigenvalue weighted by molar-refractivity contribution is 7.14. The largest absolute Gasteiger partial charge is 0.482 e. The van der Waals surface area contributed by atoms with Crippen molar-refractivity contribution >= 4 is 34.0 Å². The van der Waals surface area contributed by atoms with E-state index in [0.29, 0.717) is 22.1 Å². The van der Waals surface area contributed by atoms with Crippen molar-refractivity contribution in [2.45, 2.75) is 6.92 Å². The first-order valence-corrected chi connectivity index (χ1v) is 9.27. The molecule has 136 valence electrons. The molecule has 2 heterocycles. The smallest absolute Gasteiger partial charge is 0.264 e. The van der Waals surface area contributed by atoms with E-state index in [2.05, 4.69) is 10.3 Å². The number of benzene rings is 2. The van der Waals surface area contributed by atoms with Crippen LogP contribution in [0.15, 0.2) is 47.8 Å². The molecule has 27 heavy (non-hydrogen) atoms. The van der Waals surface area contributed by atoms with Gasteiger partial charge in [0.1, 0.15) is 5.75 Å². The predicted molar refractivity (Wildman–Crippen MR) is 106 cm³/mol. The second-order valence-corrected chi connectivity index (χ2v) is 7.09. The van der Waals surface area contributed by atoms with Gasteiger partial charge in [-0.15, -0.1) is 11.3 Å².